The van der Waals surface area contributed by atoms with E-state index in [0.29, 0.717) is 6.04 Å². The fourth-order valence-corrected chi connectivity index (χ4v) is 2.23. The molecule has 1 unspecified atom stereocenters. The number of hydrogen-bond donors (Lipinski definition) is 1. The van der Waals surface area contributed by atoms with Gasteiger partial charge >= 0.3 is 0 Å². The molecule has 1 atom stereocenters. The van der Waals surface area contributed by atoms with Gasteiger partial charge in [-0.15, -0.1) is 0 Å². The molecule has 0 saturated heterocycles. The topological polar surface area (TPSA) is 12.0 Å². The van der Waals surface area contributed by atoms with Crippen molar-refractivity contribution >= 4 is 23.5 Å². The van der Waals surface area contributed by atoms with Gasteiger partial charge in [-0.25, -0.2) is 0 Å². The molecule has 0 radical (unpaired) electrons. The van der Waals surface area contributed by atoms with Crippen molar-refractivity contribution in [2.24, 2.45) is 0 Å². The molecule has 0 spiro atoms. The van der Waals surface area contributed by atoms with Gasteiger partial charge < -0.3 is 5.32 Å². The molecule has 0 heterocycles. The standard InChI is InChI=1S/C9H21NS2/c1-4-12-7-5-6-10-9(2)8-11-3/h9-10H,4-8H2,1-3H3. The van der Waals surface area contributed by atoms with Crippen LogP contribution in [0.4, 0.5) is 0 Å². The van der Waals surface area contributed by atoms with Crippen molar-refractivity contribution in [3.05, 3.63) is 0 Å². The first-order chi connectivity index (χ1) is 5.81. The lowest BCUT2D eigenvalue weighted by Gasteiger charge is -2.11. The van der Waals surface area contributed by atoms with Gasteiger partial charge in [0.05, 0.1) is 0 Å². The van der Waals surface area contributed by atoms with E-state index in [9.17, 15) is 0 Å². The van der Waals surface area contributed by atoms with Crippen molar-refractivity contribution in [2.45, 2.75) is 26.3 Å². The van der Waals surface area contributed by atoms with Gasteiger partial charge in [0.1, 0.15) is 0 Å². The largest absolute Gasteiger partial charge is 0.313 e. The molecule has 0 aromatic rings. The highest BCUT2D eigenvalue weighted by molar-refractivity contribution is 7.99. The van der Waals surface area contributed by atoms with Crippen molar-refractivity contribution in [3.63, 3.8) is 0 Å². The van der Waals surface area contributed by atoms with Crippen LogP contribution in [0.2, 0.25) is 0 Å². The highest BCUT2D eigenvalue weighted by Gasteiger charge is 1.97. The Morgan fingerprint density at radius 1 is 1.42 bits per heavy atom. The maximum absolute atomic E-state index is 3.51. The van der Waals surface area contributed by atoms with Crippen LogP contribution in [-0.2, 0) is 0 Å². The summed E-state index contributed by atoms with van der Waals surface area (Å²) in [6, 6.07) is 0.673. The fourth-order valence-electron chi connectivity index (χ4n) is 0.976. The number of hydrogen-bond acceptors (Lipinski definition) is 3. The first-order valence-corrected chi connectivity index (χ1v) is 7.16. The smallest absolute Gasteiger partial charge is 0.0129 e. The van der Waals surface area contributed by atoms with Crippen LogP contribution < -0.4 is 5.32 Å². The van der Waals surface area contributed by atoms with E-state index in [2.05, 4.69) is 25.4 Å². The van der Waals surface area contributed by atoms with Crippen molar-refractivity contribution in [1.29, 1.82) is 0 Å². The van der Waals surface area contributed by atoms with Crippen LogP contribution in [0.1, 0.15) is 20.3 Å². The maximum Gasteiger partial charge on any atom is 0.0129 e. The summed E-state index contributed by atoms with van der Waals surface area (Å²) in [6.45, 7) is 5.65. The third-order valence-corrected chi connectivity index (χ3v) is 3.40. The summed E-state index contributed by atoms with van der Waals surface area (Å²) in [5, 5.41) is 3.51. The summed E-state index contributed by atoms with van der Waals surface area (Å²) < 4.78 is 0. The van der Waals surface area contributed by atoms with E-state index in [0.717, 1.165) is 0 Å². The Hall–Kier alpha value is 0.660. The zero-order chi connectivity index (χ0) is 9.23. The summed E-state index contributed by atoms with van der Waals surface area (Å²) in [7, 11) is 0. The predicted molar refractivity (Wildman–Crippen MR) is 63.5 cm³/mol. The van der Waals surface area contributed by atoms with E-state index < -0.39 is 0 Å². The van der Waals surface area contributed by atoms with Gasteiger partial charge in [0.15, 0.2) is 0 Å². The molecule has 0 aliphatic carbocycles. The molecule has 0 amide bonds. The SMILES string of the molecule is CCSCCCNC(C)CSC. The van der Waals surface area contributed by atoms with Gasteiger partial charge in [-0.2, -0.15) is 23.5 Å². The summed E-state index contributed by atoms with van der Waals surface area (Å²) in [5.41, 5.74) is 0. The Morgan fingerprint density at radius 2 is 2.17 bits per heavy atom. The molecule has 0 bridgehead atoms. The highest BCUT2D eigenvalue weighted by atomic mass is 32.2. The number of nitrogens with one attached hydrogen (secondary N) is 1. The molecular weight excluding hydrogens is 186 g/mol. The van der Waals surface area contributed by atoms with Gasteiger partial charge in [0, 0.05) is 11.8 Å². The summed E-state index contributed by atoms with van der Waals surface area (Å²) in [6.07, 6.45) is 3.46. The lowest BCUT2D eigenvalue weighted by atomic mass is 10.3. The van der Waals surface area contributed by atoms with Crippen molar-refractivity contribution in [2.75, 3.05) is 30.1 Å². The zero-order valence-electron chi connectivity index (χ0n) is 8.43. The Kier molecular flexibility index (Phi) is 10.3. The molecular formula is C9H21NS2. The zero-order valence-corrected chi connectivity index (χ0v) is 10.1. The number of thioether (sulfide) groups is 2. The van der Waals surface area contributed by atoms with Gasteiger partial charge in [0.25, 0.3) is 0 Å². The Morgan fingerprint density at radius 3 is 2.75 bits per heavy atom. The molecule has 0 rings (SSSR count). The van der Waals surface area contributed by atoms with Crippen LogP contribution in [0, 0.1) is 0 Å². The minimum absolute atomic E-state index is 0.673. The Labute approximate surface area is 85.5 Å². The maximum atomic E-state index is 3.51. The van der Waals surface area contributed by atoms with Crippen LogP contribution >= 0.6 is 23.5 Å². The molecule has 1 N–H and O–H groups in total. The summed E-state index contributed by atoms with van der Waals surface area (Å²) in [5.74, 6) is 3.77. The average molecular weight is 207 g/mol. The molecule has 74 valence electrons. The van der Waals surface area contributed by atoms with Crippen molar-refractivity contribution < 1.29 is 0 Å². The fraction of sp³-hybridized carbons (Fsp3) is 1.00. The van der Waals surface area contributed by atoms with Crippen molar-refractivity contribution in [3.8, 4) is 0 Å². The molecule has 12 heavy (non-hydrogen) atoms. The van der Waals surface area contributed by atoms with E-state index in [4.69, 9.17) is 0 Å². The molecule has 1 nitrogen and oxygen atoms in total. The minimum atomic E-state index is 0.673. The monoisotopic (exact) mass is 207 g/mol. The second-order valence-electron chi connectivity index (χ2n) is 2.86. The summed E-state index contributed by atoms with van der Waals surface area (Å²) in [4.78, 5) is 0. The van der Waals surface area contributed by atoms with E-state index in [1.54, 1.807) is 0 Å². The van der Waals surface area contributed by atoms with Crippen molar-refractivity contribution in [1.82, 2.24) is 5.32 Å². The van der Waals surface area contributed by atoms with Crippen LogP contribution in [0.3, 0.4) is 0 Å². The first kappa shape index (κ1) is 12.7. The number of rotatable bonds is 8. The van der Waals surface area contributed by atoms with E-state index in [1.807, 2.05) is 23.5 Å². The molecule has 0 aromatic heterocycles. The van der Waals surface area contributed by atoms with Gasteiger partial charge in [0.2, 0.25) is 0 Å². The first-order valence-electron chi connectivity index (χ1n) is 4.61. The quantitative estimate of drug-likeness (QED) is 0.614. The minimum Gasteiger partial charge on any atom is -0.313 e. The summed E-state index contributed by atoms with van der Waals surface area (Å²) >= 11 is 3.94. The normalized spacial score (nSPS) is 13.2. The lowest BCUT2D eigenvalue weighted by Crippen LogP contribution is -2.29. The molecule has 0 aromatic carbocycles. The molecule has 3 heteroatoms. The van der Waals surface area contributed by atoms with E-state index >= 15 is 0 Å². The van der Waals surface area contributed by atoms with Crippen LogP contribution in [0.5, 0.6) is 0 Å². The van der Waals surface area contributed by atoms with Crippen LogP contribution in [-0.4, -0.2) is 36.1 Å². The predicted octanol–water partition coefficient (Wildman–Crippen LogP) is 2.47. The third kappa shape index (κ3) is 8.75. The second-order valence-corrected chi connectivity index (χ2v) is 5.17. The third-order valence-electron chi connectivity index (χ3n) is 1.58. The molecule has 0 aliphatic heterocycles. The van der Waals surface area contributed by atoms with Gasteiger partial charge in [-0.05, 0) is 37.7 Å². The molecule has 0 fully saturated rings. The van der Waals surface area contributed by atoms with Gasteiger partial charge in [-0.1, -0.05) is 6.92 Å². The van der Waals surface area contributed by atoms with E-state index in [1.165, 1.54) is 30.2 Å². The Balaban J connectivity index is 2.97. The van der Waals surface area contributed by atoms with Crippen LogP contribution in [0.15, 0.2) is 0 Å². The lowest BCUT2D eigenvalue weighted by molar-refractivity contribution is 0.592. The van der Waals surface area contributed by atoms with Gasteiger partial charge in [-0.3, -0.25) is 0 Å². The molecule has 0 aliphatic rings. The van der Waals surface area contributed by atoms with Crippen LogP contribution in [0.25, 0.3) is 0 Å². The second kappa shape index (κ2) is 9.75. The van der Waals surface area contributed by atoms with E-state index in [-0.39, 0.29) is 0 Å². The molecule has 0 saturated carbocycles. The Bertz CT molecular complexity index is 88.6. The highest BCUT2D eigenvalue weighted by Crippen LogP contribution is 2.00. The average Bonchev–Trinajstić information content (AvgIpc) is 2.05.